The van der Waals surface area contributed by atoms with Crippen molar-refractivity contribution in [1.82, 2.24) is 9.80 Å². The molecule has 2 atom stereocenters. The highest BCUT2D eigenvalue weighted by Gasteiger charge is 2.24. The normalized spacial score (nSPS) is 15.9. The summed E-state index contributed by atoms with van der Waals surface area (Å²) in [6, 6.07) is 31.2. The fourth-order valence-corrected chi connectivity index (χ4v) is 4.54. The third-order valence-electron chi connectivity index (χ3n) is 6.32. The Labute approximate surface area is 172 Å². The molecule has 5 rings (SSSR count). The monoisotopic (exact) mass is 378 g/mol. The first kappa shape index (κ1) is 17.8. The second kappa shape index (κ2) is 7.29. The molecule has 0 fully saturated rings. The summed E-state index contributed by atoms with van der Waals surface area (Å²) < 4.78 is 0. The van der Waals surface area contributed by atoms with Gasteiger partial charge >= 0.3 is 0 Å². The maximum Gasteiger partial charge on any atom is 0.0905 e. The fraction of sp³-hybridized carbons (Fsp3) is 0.185. The summed E-state index contributed by atoms with van der Waals surface area (Å²) in [5, 5.41) is 5.30. The molecule has 0 spiro atoms. The molecule has 0 saturated carbocycles. The topological polar surface area (TPSA) is 6.48 Å². The summed E-state index contributed by atoms with van der Waals surface area (Å²) in [7, 11) is 0. The zero-order chi connectivity index (χ0) is 19.8. The van der Waals surface area contributed by atoms with Crippen molar-refractivity contribution in [3.05, 3.63) is 108 Å². The van der Waals surface area contributed by atoms with Gasteiger partial charge in [0.1, 0.15) is 0 Å². The molecule has 0 aromatic heterocycles. The van der Waals surface area contributed by atoms with Crippen molar-refractivity contribution in [2.45, 2.75) is 25.9 Å². The summed E-state index contributed by atoms with van der Waals surface area (Å²) in [4.78, 5) is 4.87. The van der Waals surface area contributed by atoms with Crippen LogP contribution >= 0.6 is 0 Å². The van der Waals surface area contributed by atoms with E-state index in [1.54, 1.807) is 0 Å². The van der Waals surface area contributed by atoms with Gasteiger partial charge in [-0.2, -0.15) is 0 Å². The van der Waals surface area contributed by atoms with Gasteiger partial charge < -0.3 is 9.80 Å². The summed E-state index contributed by atoms with van der Waals surface area (Å²) in [5.74, 6) is 0. The lowest BCUT2D eigenvalue weighted by molar-refractivity contribution is 0.192. The van der Waals surface area contributed by atoms with Gasteiger partial charge in [0.25, 0.3) is 0 Å². The number of fused-ring (bicyclic) bond motifs is 2. The Hall–Kier alpha value is -3.26. The summed E-state index contributed by atoms with van der Waals surface area (Å²) in [6.07, 6.45) is 4.49. The van der Waals surface area contributed by atoms with E-state index in [0.717, 1.165) is 6.67 Å². The van der Waals surface area contributed by atoms with Gasteiger partial charge in [0.05, 0.1) is 18.8 Å². The number of benzene rings is 4. The number of nitrogens with zero attached hydrogens (tertiary/aromatic N) is 2. The van der Waals surface area contributed by atoms with Gasteiger partial charge in [-0.25, -0.2) is 0 Å². The highest BCUT2D eigenvalue weighted by atomic mass is 15.4. The summed E-state index contributed by atoms with van der Waals surface area (Å²) in [5.41, 5.74) is 2.76. The molecule has 0 saturated heterocycles. The third-order valence-corrected chi connectivity index (χ3v) is 6.32. The van der Waals surface area contributed by atoms with E-state index in [1.165, 1.54) is 32.7 Å². The van der Waals surface area contributed by atoms with Gasteiger partial charge in [0.2, 0.25) is 0 Å². The second-order valence-electron chi connectivity index (χ2n) is 7.96. The molecule has 0 radical (unpaired) electrons. The quantitative estimate of drug-likeness (QED) is 0.383. The van der Waals surface area contributed by atoms with Crippen LogP contribution in [0.4, 0.5) is 0 Å². The van der Waals surface area contributed by atoms with Crippen LogP contribution in [0, 0.1) is 0 Å². The Morgan fingerprint density at radius 1 is 0.552 bits per heavy atom. The largest absolute Gasteiger partial charge is 0.352 e. The van der Waals surface area contributed by atoms with Crippen LogP contribution < -0.4 is 0 Å². The summed E-state index contributed by atoms with van der Waals surface area (Å²) in [6.45, 7) is 5.51. The Morgan fingerprint density at radius 3 is 1.45 bits per heavy atom. The molecule has 0 N–H and O–H groups in total. The maximum absolute atomic E-state index is 2.43. The van der Waals surface area contributed by atoms with E-state index in [9.17, 15) is 0 Å². The van der Waals surface area contributed by atoms with Gasteiger partial charge in [-0.05, 0) is 46.5 Å². The predicted octanol–water partition coefficient (Wildman–Crippen LogP) is 6.86. The van der Waals surface area contributed by atoms with Gasteiger partial charge in [0, 0.05) is 12.4 Å². The lowest BCUT2D eigenvalue weighted by atomic mass is 9.98. The van der Waals surface area contributed by atoms with Crippen molar-refractivity contribution in [1.29, 1.82) is 0 Å². The molecule has 4 aromatic carbocycles. The average Bonchev–Trinajstić information content (AvgIpc) is 3.28. The molecular weight excluding hydrogens is 352 g/mol. The smallest absolute Gasteiger partial charge is 0.0905 e. The van der Waals surface area contributed by atoms with E-state index in [2.05, 4.69) is 121 Å². The van der Waals surface area contributed by atoms with Crippen molar-refractivity contribution in [2.24, 2.45) is 0 Å². The molecular formula is C27H26N2. The van der Waals surface area contributed by atoms with E-state index in [-0.39, 0.29) is 0 Å². The SMILES string of the molecule is C[C@H](c1cccc2ccccc12)N1C=CN([C@H](C)c2cccc3ccccc23)C1. The Balaban J connectivity index is 1.40. The first-order chi connectivity index (χ1) is 14.2. The molecule has 4 aromatic rings. The van der Waals surface area contributed by atoms with Crippen LogP contribution in [-0.4, -0.2) is 16.5 Å². The fourth-order valence-electron chi connectivity index (χ4n) is 4.54. The third kappa shape index (κ3) is 3.15. The van der Waals surface area contributed by atoms with Crippen LogP contribution in [-0.2, 0) is 0 Å². The van der Waals surface area contributed by atoms with Crippen LogP contribution in [0.2, 0.25) is 0 Å². The van der Waals surface area contributed by atoms with Crippen molar-refractivity contribution >= 4 is 21.5 Å². The first-order valence-electron chi connectivity index (χ1n) is 10.4. The van der Waals surface area contributed by atoms with Crippen LogP contribution in [0.25, 0.3) is 21.5 Å². The van der Waals surface area contributed by atoms with Gasteiger partial charge in [-0.3, -0.25) is 0 Å². The maximum atomic E-state index is 2.43. The predicted molar refractivity (Wildman–Crippen MR) is 122 cm³/mol. The van der Waals surface area contributed by atoms with Crippen molar-refractivity contribution in [2.75, 3.05) is 6.67 Å². The van der Waals surface area contributed by atoms with Crippen molar-refractivity contribution < 1.29 is 0 Å². The molecule has 2 nitrogen and oxygen atoms in total. The molecule has 144 valence electrons. The minimum absolute atomic E-state index is 0.321. The summed E-state index contributed by atoms with van der Waals surface area (Å²) >= 11 is 0. The van der Waals surface area contributed by atoms with E-state index in [1.807, 2.05) is 0 Å². The number of rotatable bonds is 4. The van der Waals surface area contributed by atoms with E-state index < -0.39 is 0 Å². The average molecular weight is 379 g/mol. The van der Waals surface area contributed by atoms with E-state index in [0.29, 0.717) is 12.1 Å². The molecule has 0 amide bonds. The standard InChI is InChI=1S/C27H26N2/c1-20(24-15-7-11-22-9-3-5-13-26(22)24)28-17-18-29(19-28)21(2)25-16-8-12-23-10-4-6-14-27(23)25/h3-18,20-21H,19H2,1-2H3/t20-,21-/m1/s1. The van der Waals surface area contributed by atoms with Crippen LogP contribution in [0.3, 0.4) is 0 Å². The van der Waals surface area contributed by atoms with Crippen molar-refractivity contribution in [3.63, 3.8) is 0 Å². The molecule has 1 aliphatic rings. The zero-order valence-corrected chi connectivity index (χ0v) is 17.0. The van der Waals surface area contributed by atoms with Crippen LogP contribution in [0.5, 0.6) is 0 Å². The van der Waals surface area contributed by atoms with Gasteiger partial charge in [-0.15, -0.1) is 0 Å². The lowest BCUT2D eigenvalue weighted by Crippen LogP contribution is -2.29. The Bertz CT molecular complexity index is 1090. The van der Waals surface area contributed by atoms with Crippen LogP contribution in [0.1, 0.15) is 37.1 Å². The molecule has 0 aliphatic carbocycles. The minimum Gasteiger partial charge on any atom is -0.352 e. The van der Waals surface area contributed by atoms with Crippen molar-refractivity contribution in [3.8, 4) is 0 Å². The number of hydrogen-bond donors (Lipinski definition) is 0. The first-order valence-corrected chi connectivity index (χ1v) is 10.4. The Morgan fingerprint density at radius 2 is 0.966 bits per heavy atom. The number of hydrogen-bond acceptors (Lipinski definition) is 2. The highest BCUT2D eigenvalue weighted by molar-refractivity contribution is 5.86. The van der Waals surface area contributed by atoms with Gasteiger partial charge in [-0.1, -0.05) is 84.9 Å². The molecule has 0 bridgehead atoms. The molecule has 2 heteroatoms. The molecule has 1 aliphatic heterocycles. The van der Waals surface area contributed by atoms with Gasteiger partial charge in [0.15, 0.2) is 0 Å². The van der Waals surface area contributed by atoms with E-state index in [4.69, 9.17) is 0 Å². The van der Waals surface area contributed by atoms with Crippen LogP contribution in [0.15, 0.2) is 97.3 Å². The molecule has 29 heavy (non-hydrogen) atoms. The molecule has 0 unspecified atom stereocenters. The Kier molecular flexibility index (Phi) is 4.48. The molecule has 1 heterocycles. The van der Waals surface area contributed by atoms with E-state index >= 15 is 0 Å². The highest BCUT2D eigenvalue weighted by Crippen LogP contribution is 2.34. The zero-order valence-electron chi connectivity index (χ0n) is 17.0. The lowest BCUT2D eigenvalue weighted by Gasteiger charge is -2.31. The minimum atomic E-state index is 0.321. The second-order valence-corrected chi connectivity index (χ2v) is 7.96.